The van der Waals surface area contributed by atoms with Gasteiger partial charge in [-0.25, -0.2) is 14.8 Å². The van der Waals surface area contributed by atoms with Gasteiger partial charge in [-0.1, -0.05) is 0 Å². The average molecular weight is 206 g/mol. The van der Waals surface area contributed by atoms with E-state index < -0.39 is 5.97 Å². The molecule has 6 nitrogen and oxygen atoms in total. The molecule has 0 aliphatic heterocycles. The van der Waals surface area contributed by atoms with Crippen LogP contribution in [-0.2, 0) is 11.8 Å². The largest absolute Gasteiger partial charge is 0.464 e. The minimum Gasteiger partial charge on any atom is -0.464 e. The van der Waals surface area contributed by atoms with Gasteiger partial charge in [0.25, 0.3) is 0 Å². The number of aryl methyl sites for hydroxylation is 2. The summed E-state index contributed by atoms with van der Waals surface area (Å²) in [6.45, 7) is 1.76. The Morgan fingerprint density at radius 1 is 1.53 bits per heavy atom. The lowest BCUT2D eigenvalue weighted by molar-refractivity contribution is 0.0595. The third kappa shape index (κ3) is 1.43. The van der Waals surface area contributed by atoms with Crippen LogP contribution in [0.25, 0.3) is 11.0 Å². The number of carbonyl (C=O) groups is 1. The van der Waals surface area contributed by atoms with Crippen molar-refractivity contribution in [3.8, 4) is 0 Å². The molecule has 0 amide bonds. The second-order valence-electron chi connectivity index (χ2n) is 3.11. The van der Waals surface area contributed by atoms with E-state index in [9.17, 15) is 4.79 Å². The highest BCUT2D eigenvalue weighted by atomic mass is 16.5. The fourth-order valence-corrected chi connectivity index (χ4v) is 1.36. The zero-order chi connectivity index (χ0) is 11.0. The Hall–Kier alpha value is -1.98. The number of rotatable bonds is 1. The van der Waals surface area contributed by atoms with Crippen molar-refractivity contribution >= 4 is 17.0 Å². The molecule has 0 bridgehead atoms. The second-order valence-corrected chi connectivity index (χ2v) is 3.11. The second kappa shape index (κ2) is 3.30. The van der Waals surface area contributed by atoms with Crippen LogP contribution in [0.3, 0.4) is 0 Å². The van der Waals surface area contributed by atoms with Crippen molar-refractivity contribution in [1.82, 2.24) is 19.7 Å². The van der Waals surface area contributed by atoms with Crippen molar-refractivity contribution in [2.75, 3.05) is 7.11 Å². The van der Waals surface area contributed by atoms with Gasteiger partial charge in [-0.15, -0.1) is 0 Å². The molecule has 2 rings (SSSR count). The first kappa shape index (κ1) is 9.57. The molecule has 2 aromatic rings. The third-order valence-corrected chi connectivity index (χ3v) is 2.09. The summed E-state index contributed by atoms with van der Waals surface area (Å²) in [5.74, 6) is 0.111. The summed E-state index contributed by atoms with van der Waals surface area (Å²) < 4.78 is 6.18. The molecular formula is C9H10N4O2. The van der Waals surface area contributed by atoms with Gasteiger partial charge in [0.05, 0.1) is 13.3 Å². The standard InChI is InChI=1S/C9H10N4O2/c1-5-10-4-6-7(11-5)8(9(14)15-3)12-13(6)2/h4H,1-3H3. The van der Waals surface area contributed by atoms with Crippen molar-refractivity contribution < 1.29 is 9.53 Å². The number of ether oxygens (including phenoxy) is 1. The number of fused-ring (bicyclic) bond motifs is 1. The molecule has 0 aliphatic carbocycles. The molecule has 0 radical (unpaired) electrons. The SMILES string of the molecule is COC(=O)c1nn(C)c2cnc(C)nc12. The molecule has 15 heavy (non-hydrogen) atoms. The number of hydrogen-bond acceptors (Lipinski definition) is 5. The lowest BCUT2D eigenvalue weighted by Crippen LogP contribution is -2.04. The smallest absolute Gasteiger partial charge is 0.360 e. The number of methoxy groups -OCH3 is 1. The number of aromatic nitrogens is 4. The first-order valence-corrected chi connectivity index (χ1v) is 4.38. The molecule has 6 heteroatoms. The summed E-state index contributed by atoms with van der Waals surface area (Å²) >= 11 is 0. The molecule has 78 valence electrons. The Balaban J connectivity index is 2.75. The first-order chi connectivity index (χ1) is 7.13. The van der Waals surface area contributed by atoms with E-state index >= 15 is 0 Å². The van der Waals surface area contributed by atoms with Crippen LogP contribution in [0.4, 0.5) is 0 Å². The highest BCUT2D eigenvalue weighted by Crippen LogP contribution is 2.15. The zero-order valence-electron chi connectivity index (χ0n) is 8.68. The molecule has 0 spiro atoms. The lowest BCUT2D eigenvalue weighted by atomic mass is 10.3. The third-order valence-electron chi connectivity index (χ3n) is 2.09. The molecule has 0 aromatic carbocycles. The molecule has 0 fully saturated rings. The van der Waals surface area contributed by atoms with Crippen LogP contribution in [0.2, 0.25) is 0 Å². The van der Waals surface area contributed by atoms with Crippen LogP contribution >= 0.6 is 0 Å². The maximum atomic E-state index is 11.4. The summed E-state index contributed by atoms with van der Waals surface area (Å²) in [6.07, 6.45) is 1.64. The molecule has 0 atom stereocenters. The van der Waals surface area contributed by atoms with Gasteiger partial charge < -0.3 is 4.74 Å². The summed E-state index contributed by atoms with van der Waals surface area (Å²) in [7, 11) is 3.05. The summed E-state index contributed by atoms with van der Waals surface area (Å²) in [4.78, 5) is 19.6. The normalized spacial score (nSPS) is 10.6. The van der Waals surface area contributed by atoms with Crippen molar-refractivity contribution in [3.63, 3.8) is 0 Å². The van der Waals surface area contributed by atoms with Gasteiger partial charge in [0.15, 0.2) is 5.69 Å². The van der Waals surface area contributed by atoms with E-state index in [1.165, 1.54) is 7.11 Å². The van der Waals surface area contributed by atoms with Crippen molar-refractivity contribution in [3.05, 3.63) is 17.7 Å². The van der Waals surface area contributed by atoms with E-state index in [1.807, 2.05) is 0 Å². The van der Waals surface area contributed by atoms with Gasteiger partial charge in [0.1, 0.15) is 16.9 Å². The van der Waals surface area contributed by atoms with Gasteiger partial charge in [0.2, 0.25) is 0 Å². The molecule has 0 saturated heterocycles. The molecule has 0 aliphatic rings. The average Bonchev–Trinajstić information content (AvgIpc) is 2.54. The molecule has 0 saturated carbocycles. The molecular weight excluding hydrogens is 196 g/mol. The van der Waals surface area contributed by atoms with E-state index in [-0.39, 0.29) is 5.69 Å². The van der Waals surface area contributed by atoms with Crippen LogP contribution in [-0.4, -0.2) is 32.8 Å². The van der Waals surface area contributed by atoms with E-state index in [0.29, 0.717) is 16.9 Å². The molecule has 0 N–H and O–H groups in total. The quantitative estimate of drug-likeness (QED) is 0.634. The maximum Gasteiger partial charge on any atom is 0.360 e. The van der Waals surface area contributed by atoms with E-state index in [2.05, 4.69) is 19.8 Å². The highest BCUT2D eigenvalue weighted by molar-refractivity contribution is 5.99. The Morgan fingerprint density at radius 2 is 2.27 bits per heavy atom. The van der Waals surface area contributed by atoms with Crippen molar-refractivity contribution in [2.24, 2.45) is 7.05 Å². The Morgan fingerprint density at radius 3 is 2.93 bits per heavy atom. The molecule has 2 heterocycles. The van der Waals surface area contributed by atoms with Crippen LogP contribution in [0.15, 0.2) is 6.20 Å². The minimum atomic E-state index is -0.487. The van der Waals surface area contributed by atoms with E-state index in [1.54, 1.807) is 24.9 Å². The number of nitrogens with zero attached hydrogens (tertiary/aromatic N) is 4. The van der Waals surface area contributed by atoms with Crippen molar-refractivity contribution in [2.45, 2.75) is 6.92 Å². The van der Waals surface area contributed by atoms with Crippen LogP contribution in [0.1, 0.15) is 16.3 Å². The topological polar surface area (TPSA) is 69.9 Å². The lowest BCUT2D eigenvalue weighted by Gasteiger charge is -1.94. The van der Waals surface area contributed by atoms with Gasteiger partial charge in [-0.3, -0.25) is 4.68 Å². The van der Waals surface area contributed by atoms with Crippen molar-refractivity contribution in [1.29, 1.82) is 0 Å². The van der Waals surface area contributed by atoms with Gasteiger partial charge in [-0.2, -0.15) is 5.10 Å². The van der Waals surface area contributed by atoms with Gasteiger partial charge in [0, 0.05) is 7.05 Å². The van der Waals surface area contributed by atoms with Gasteiger partial charge in [-0.05, 0) is 6.92 Å². The first-order valence-electron chi connectivity index (χ1n) is 4.38. The van der Waals surface area contributed by atoms with Crippen LogP contribution in [0.5, 0.6) is 0 Å². The van der Waals surface area contributed by atoms with Crippen LogP contribution in [0, 0.1) is 6.92 Å². The number of hydrogen-bond donors (Lipinski definition) is 0. The summed E-state index contributed by atoms with van der Waals surface area (Å²) in [5, 5.41) is 4.04. The summed E-state index contributed by atoms with van der Waals surface area (Å²) in [5.41, 5.74) is 1.46. The Labute approximate surface area is 85.9 Å². The van der Waals surface area contributed by atoms with E-state index in [4.69, 9.17) is 0 Å². The fraction of sp³-hybridized carbons (Fsp3) is 0.333. The number of esters is 1. The van der Waals surface area contributed by atoms with E-state index in [0.717, 1.165) is 0 Å². The fourth-order valence-electron chi connectivity index (χ4n) is 1.36. The van der Waals surface area contributed by atoms with Crippen LogP contribution < -0.4 is 0 Å². The Bertz CT molecular complexity index is 532. The Kier molecular flexibility index (Phi) is 2.11. The predicted molar refractivity (Wildman–Crippen MR) is 52.4 cm³/mol. The minimum absolute atomic E-state index is 0.223. The molecule has 0 unspecified atom stereocenters. The zero-order valence-corrected chi connectivity index (χ0v) is 8.68. The summed E-state index contributed by atoms with van der Waals surface area (Å²) in [6, 6.07) is 0. The molecule has 2 aromatic heterocycles. The maximum absolute atomic E-state index is 11.4. The highest BCUT2D eigenvalue weighted by Gasteiger charge is 2.17. The monoisotopic (exact) mass is 206 g/mol. The number of carbonyl (C=O) groups excluding carboxylic acids is 1. The van der Waals surface area contributed by atoms with Gasteiger partial charge >= 0.3 is 5.97 Å². The predicted octanol–water partition coefficient (Wildman–Crippen LogP) is 0.458.